The number of carbonyl (C=O) groups excluding carboxylic acids is 1. The fraction of sp³-hybridized carbons (Fsp3) is 0.150. The van der Waals surface area contributed by atoms with Gasteiger partial charge in [0.25, 0.3) is 11.6 Å². The fourth-order valence-electron chi connectivity index (χ4n) is 2.54. The van der Waals surface area contributed by atoms with Gasteiger partial charge in [-0.2, -0.15) is 0 Å². The van der Waals surface area contributed by atoms with Crippen LogP contribution in [0.5, 0.6) is 11.5 Å². The molecule has 8 heteroatoms. The predicted molar refractivity (Wildman–Crippen MR) is 100 cm³/mol. The third kappa shape index (κ3) is 4.67. The Balaban J connectivity index is 1.67. The lowest BCUT2D eigenvalue weighted by Gasteiger charge is -2.11. The minimum absolute atomic E-state index is 0.0955. The molecule has 28 heavy (non-hydrogen) atoms. The maximum absolute atomic E-state index is 12.3. The summed E-state index contributed by atoms with van der Waals surface area (Å²) in [7, 11) is 1.46. The number of hydrogen-bond acceptors (Lipinski definition) is 6. The number of carbonyl (C=O) groups is 1. The minimum atomic E-state index is -0.504. The lowest BCUT2D eigenvalue weighted by atomic mass is 10.1. The number of non-ortho nitro benzene ring substituents is 1. The van der Waals surface area contributed by atoms with Gasteiger partial charge in [-0.25, -0.2) is 0 Å². The molecule has 1 aromatic heterocycles. The first-order chi connectivity index (χ1) is 13.6. The molecule has 1 N–H and O–H groups in total. The molecule has 144 valence electrons. The van der Waals surface area contributed by atoms with Gasteiger partial charge in [-0.1, -0.05) is 12.1 Å². The number of nitro benzene ring substituents is 1. The van der Waals surface area contributed by atoms with E-state index in [0.29, 0.717) is 17.1 Å². The molecule has 3 rings (SSSR count). The number of methoxy groups -OCH3 is 1. The molecule has 0 fully saturated rings. The number of nitrogens with zero attached hydrogens (tertiary/aromatic N) is 1. The van der Waals surface area contributed by atoms with Gasteiger partial charge >= 0.3 is 0 Å². The third-order valence-corrected chi connectivity index (χ3v) is 3.94. The van der Waals surface area contributed by atoms with E-state index in [1.165, 1.54) is 25.3 Å². The maximum Gasteiger partial charge on any atom is 0.273 e. The lowest BCUT2D eigenvalue weighted by Crippen LogP contribution is -2.22. The van der Waals surface area contributed by atoms with Gasteiger partial charge in [-0.3, -0.25) is 14.9 Å². The molecule has 2 aromatic carbocycles. The van der Waals surface area contributed by atoms with Crippen LogP contribution in [0.25, 0.3) is 0 Å². The van der Waals surface area contributed by atoms with Gasteiger partial charge in [0.15, 0.2) is 11.5 Å². The van der Waals surface area contributed by atoms with Crippen LogP contribution in [-0.4, -0.2) is 17.9 Å². The molecule has 0 unspecified atom stereocenters. The molecule has 0 saturated heterocycles. The predicted octanol–water partition coefficient (Wildman–Crippen LogP) is 3.71. The summed E-state index contributed by atoms with van der Waals surface area (Å²) < 4.78 is 16.0. The van der Waals surface area contributed by atoms with E-state index < -0.39 is 4.92 Å². The number of benzene rings is 2. The van der Waals surface area contributed by atoms with Crippen molar-refractivity contribution in [2.24, 2.45) is 0 Å². The minimum Gasteiger partial charge on any atom is -0.493 e. The summed E-state index contributed by atoms with van der Waals surface area (Å²) in [6.45, 7) is 0.411. The fourth-order valence-corrected chi connectivity index (χ4v) is 2.54. The molecule has 0 radical (unpaired) electrons. The Morgan fingerprint density at radius 1 is 1.14 bits per heavy atom. The van der Waals surface area contributed by atoms with Crippen molar-refractivity contribution < 1.29 is 23.6 Å². The number of nitro groups is 1. The second kappa shape index (κ2) is 8.72. The monoisotopic (exact) mass is 382 g/mol. The average molecular weight is 382 g/mol. The summed E-state index contributed by atoms with van der Waals surface area (Å²) in [5, 5.41) is 13.7. The topological polar surface area (TPSA) is 104 Å². The second-order valence-electron chi connectivity index (χ2n) is 5.84. The molecule has 3 aromatic rings. The highest BCUT2D eigenvalue weighted by Gasteiger charge is 2.13. The Morgan fingerprint density at radius 3 is 2.71 bits per heavy atom. The van der Waals surface area contributed by atoms with Crippen molar-refractivity contribution in [3.05, 3.63) is 87.9 Å². The van der Waals surface area contributed by atoms with Gasteiger partial charge in [-0.15, -0.1) is 0 Å². The summed E-state index contributed by atoms with van der Waals surface area (Å²) in [6.07, 6.45) is 1.54. The first-order valence-electron chi connectivity index (χ1n) is 8.41. The van der Waals surface area contributed by atoms with Crippen molar-refractivity contribution >= 4 is 11.6 Å². The SMILES string of the molecule is COc1ccc([N+](=O)[O-])cc1OCc1cccc(C(=O)NCc2ccco2)c1. The first-order valence-corrected chi connectivity index (χ1v) is 8.41. The summed E-state index contributed by atoms with van der Waals surface area (Å²) in [6, 6.07) is 14.6. The standard InChI is InChI=1S/C20H18N2O6/c1-26-18-8-7-16(22(24)25)11-19(18)28-13-14-4-2-5-15(10-14)20(23)21-12-17-6-3-9-27-17/h2-11H,12-13H2,1H3,(H,21,23). The molecular weight excluding hydrogens is 364 g/mol. The summed E-state index contributed by atoms with van der Waals surface area (Å²) >= 11 is 0. The van der Waals surface area contributed by atoms with Crippen LogP contribution in [0, 0.1) is 10.1 Å². The molecule has 0 aliphatic carbocycles. The molecule has 1 amide bonds. The first kappa shape index (κ1) is 19.0. The van der Waals surface area contributed by atoms with Crippen LogP contribution in [0.3, 0.4) is 0 Å². The molecule has 0 atom stereocenters. The highest BCUT2D eigenvalue weighted by Crippen LogP contribution is 2.31. The summed E-state index contributed by atoms with van der Waals surface area (Å²) in [5.41, 5.74) is 1.11. The van der Waals surface area contributed by atoms with Crippen molar-refractivity contribution in [3.63, 3.8) is 0 Å². The smallest absolute Gasteiger partial charge is 0.273 e. The normalized spacial score (nSPS) is 10.3. The zero-order chi connectivity index (χ0) is 19.9. The van der Waals surface area contributed by atoms with Crippen LogP contribution in [0.4, 0.5) is 5.69 Å². The molecule has 8 nitrogen and oxygen atoms in total. The summed E-state index contributed by atoms with van der Waals surface area (Å²) in [4.78, 5) is 22.7. The number of hydrogen-bond donors (Lipinski definition) is 1. The molecule has 0 aliphatic heterocycles. The van der Waals surface area contributed by atoms with E-state index in [-0.39, 0.29) is 30.5 Å². The largest absolute Gasteiger partial charge is 0.493 e. The van der Waals surface area contributed by atoms with Crippen LogP contribution < -0.4 is 14.8 Å². The summed E-state index contributed by atoms with van der Waals surface area (Å²) in [5.74, 6) is 1.05. The van der Waals surface area contributed by atoms with E-state index in [1.54, 1.807) is 42.7 Å². The Hall–Kier alpha value is -3.81. The highest BCUT2D eigenvalue weighted by atomic mass is 16.6. The molecular formula is C20H18N2O6. The number of furan rings is 1. The zero-order valence-corrected chi connectivity index (χ0v) is 15.1. The van der Waals surface area contributed by atoms with Gasteiger partial charge in [0, 0.05) is 11.6 Å². The van der Waals surface area contributed by atoms with Crippen molar-refractivity contribution in [2.75, 3.05) is 7.11 Å². The Labute approximate surface area is 160 Å². The molecule has 0 spiro atoms. The third-order valence-electron chi connectivity index (χ3n) is 3.94. The second-order valence-corrected chi connectivity index (χ2v) is 5.84. The maximum atomic E-state index is 12.3. The van der Waals surface area contributed by atoms with Crippen molar-refractivity contribution in [1.29, 1.82) is 0 Å². The number of ether oxygens (including phenoxy) is 2. The zero-order valence-electron chi connectivity index (χ0n) is 15.1. The van der Waals surface area contributed by atoms with Crippen LogP contribution in [-0.2, 0) is 13.2 Å². The van der Waals surface area contributed by atoms with Crippen molar-refractivity contribution in [1.82, 2.24) is 5.32 Å². The molecule has 1 heterocycles. The Kier molecular flexibility index (Phi) is 5.91. The van der Waals surface area contributed by atoms with E-state index in [9.17, 15) is 14.9 Å². The van der Waals surface area contributed by atoms with E-state index in [2.05, 4.69) is 5.32 Å². The number of rotatable bonds is 8. The van der Waals surface area contributed by atoms with E-state index in [0.717, 1.165) is 5.56 Å². The van der Waals surface area contributed by atoms with E-state index >= 15 is 0 Å². The van der Waals surface area contributed by atoms with Gasteiger partial charge in [0.1, 0.15) is 12.4 Å². The van der Waals surface area contributed by atoms with Crippen LogP contribution in [0.15, 0.2) is 65.3 Å². The van der Waals surface area contributed by atoms with Crippen LogP contribution >= 0.6 is 0 Å². The highest BCUT2D eigenvalue weighted by molar-refractivity contribution is 5.94. The van der Waals surface area contributed by atoms with Gasteiger partial charge in [-0.05, 0) is 35.9 Å². The molecule has 0 saturated carbocycles. The van der Waals surface area contributed by atoms with Crippen molar-refractivity contribution in [3.8, 4) is 11.5 Å². The lowest BCUT2D eigenvalue weighted by molar-refractivity contribution is -0.385. The number of amides is 1. The molecule has 0 bridgehead atoms. The quantitative estimate of drug-likeness (QED) is 0.470. The van der Waals surface area contributed by atoms with Gasteiger partial charge < -0.3 is 19.2 Å². The van der Waals surface area contributed by atoms with Crippen LogP contribution in [0.1, 0.15) is 21.7 Å². The average Bonchev–Trinajstić information content (AvgIpc) is 3.24. The Morgan fingerprint density at radius 2 is 2.00 bits per heavy atom. The van der Waals surface area contributed by atoms with E-state index in [1.807, 2.05) is 0 Å². The van der Waals surface area contributed by atoms with Crippen LogP contribution in [0.2, 0.25) is 0 Å². The van der Waals surface area contributed by atoms with Gasteiger partial charge in [0.05, 0.1) is 30.9 Å². The van der Waals surface area contributed by atoms with Gasteiger partial charge in [0.2, 0.25) is 0 Å². The molecule has 0 aliphatic rings. The van der Waals surface area contributed by atoms with E-state index in [4.69, 9.17) is 13.9 Å². The Bertz CT molecular complexity index is 969. The number of nitrogens with one attached hydrogen (secondary N) is 1. The van der Waals surface area contributed by atoms with Crippen molar-refractivity contribution in [2.45, 2.75) is 13.2 Å².